The highest BCUT2D eigenvalue weighted by Gasteiger charge is 2.17. The lowest BCUT2D eigenvalue weighted by atomic mass is 10.1. The van der Waals surface area contributed by atoms with Gasteiger partial charge in [0.2, 0.25) is 0 Å². The second-order valence-electron chi connectivity index (χ2n) is 5.03. The second-order valence-corrected chi connectivity index (χ2v) is 5.43. The molecular weight excluding hydrogens is 318 g/mol. The minimum Gasteiger partial charge on any atom is -0.493 e. The molecule has 0 aliphatic heterocycles. The van der Waals surface area contributed by atoms with Crippen LogP contribution in [0.2, 0.25) is 5.02 Å². The van der Waals surface area contributed by atoms with Gasteiger partial charge in [-0.3, -0.25) is 9.48 Å². The van der Waals surface area contributed by atoms with Crippen LogP contribution in [0.4, 0.5) is 0 Å². The monoisotopic (exact) mass is 337 g/mol. The maximum Gasteiger partial charge on any atom is 0.251 e. The molecule has 0 aliphatic rings. The van der Waals surface area contributed by atoms with Crippen molar-refractivity contribution in [1.82, 2.24) is 15.1 Å². The number of hydrogen-bond donors (Lipinski definition) is 1. The Morgan fingerprint density at radius 3 is 2.87 bits per heavy atom. The third-order valence-corrected chi connectivity index (χ3v) is 3.46. The van der Waals surface area contributed by atoms with Gasteiger partial charge in [-0.05, 0) is 32.0 Å². The van der Waals surface area contributed by atoms with Gasteiger partial charge in [0.1, 0.15) is 0 Å². The molecule has 1 atom stereocenters. The van der Waals surface area contributed by atoms with Crippen molar-refractivity contribution in [3.63, 3.8) is 0 Å². The summed E-state index contributed by atoms with van der Waals surface area (Å²) in [6, 6.07) is 4.95. The minimum absolute atomic E-state index is 0.0845. The van der Waals surface area contributed by atoms with Crippen LogP contribution in [0, 0.1) is 0 Å². The zero-order valence-electron chi connectivity index (χ0n) is 13.4. The Balaban J connectivity index is 2.11. The van der Waals surface area contributed by atoms with Crippen molar-refractivity contribution in [2.75, 3.05) is 13.7 Å². The van der Waals surface area contributed by atoms with E-state index in [9.17, 15) is 4.79 Å². The number of nitrogens with zero attached hydrogens (tertiary/aromatic N) is 2. The van der Waals surface area contributed by atoms with Gasteiger partial charge < -0.3 is 14.8 Å². The number of aromatic nitrogens is 2. The van der Waals surface area contributed by atoms with Crippen molar-refractivity contribution in [1.29, 1.82) is 0 Å². The Hall–Kier alpha value is -2.21. The summed E-state index contributed by atoms with van der Waals surface area (Å²) in [6.07, 6.45) is 3.55. The largest absolute Gasteiger partial charge is 0.493 e. The average Bonchev–Trinajstić information content (AvgIpc) is 3.01. The van der Waals surface area contributed by atoms with Gasteiger partial charge in [-0.2, -0.15) is 5.10 Å². The molecule has 2 rings (SSSR count). The number of carbonyl (C=O) groups excluding carboxylic acids is 1. The summed E-state index contributed by atoms with van der Waals surface area (Å²) < 4.78 is 12.5. The molecule has 0 saturated heterocycles. The van der Waals surface area contributed by atoms with E-state index in [4.69, 9.17) is 21.1 Å². The first-order valence-electron chi connectivity index (χ1n) is 7.33. The third-order valence-electron chi connectivity index (χ3n) is 3.18. The van der Waals surface area contributed by atoms with Crippen molar-refractivity contribution in [3.05, 3.63) is 41.2 Å². The standard InChI is InChI=1S/C16H20ClN3O3/c1-4-23-15-13(17)8-12(9-14(15)22-3)16(21)19-11(2)10-20-7-5-6-18-20/h5-9,11H,4,10H2,1-3H3,(H,19,21). The van der Waals surface area contributed by atoms with E-state index in [0.29, 0.717) is 35.2 Å². The Morgan fingerprint density at radius 1 is 1.48 bits per heavy atom. The molecule has 124 valence electrons. The van der Waals surface area contributed by atoms with Crippen molar-refractivity contribution < 1.29 is 14.3 Å². The van der Waals surface area contributed by atoms with Crippen molar-refractivity contribution in [3.8, 4) is 11.5 Å². The summed E-state index contributed by atoms with van der Waals surface area (Å²) >= 11 is 6.19. The van der Waals surface area contributed by atoms with E-state index >= 15 is 0 Å². The maximum absolute atomic E-state index is 12.4. The van der Waals surface area contributed by atoms with Crippen LogP contribution >= 0.6 is 11.6 Å². The summed E-state index contributed by atoms with van der Waals surface area (Å²) in [4.78, 5) is 12.4. The fraction of sp³-hybridized carbons (Fsp3) is 0.375. The molecule has 0 radical (unpaired) electrons. The van der Waals surface area contributed by atoms with Gasteiger partial charge in [0.15, 0.2) is 11.5 Å². The van der Waals surface area contributed by atoms with Crippen molar-refractivity contribution in [2.45, 2.75) is 26.4 Å². The first kappa shape index (κ1) is 17.1. The van der Waals surface area contributed by atoms with E-state index in [1.54, 1.807) is 23.0 Å². The number of amides is 1. The lowest BCUT2D eigenvalue weighted by molar-refractivity contribution is 0.0935. The number of nitrogens with one attached hydrogen (secondary N) is 1. The quantitative estimate of drug-likeness (QED) is 0.843. The lowest BCUT2D eigenvalue weighted by Gasteiger charge is -2.16. The van der Waals surface area contributed by atoms with Crippen LogP contribution in [-0.4, -0.2) is 35.4 Å². The molecule has 0 aliphatic carbocycles. The molecule has 1 aromatic heterocycles. The Labute approximate surface area is 140 Å². The van der Waals surface area contributed by atoms with E-state index in [2.05, 4.69) is 10.4 Å². The molecule has 1 N–H and O–H groups in total. The molecule has 1 unspecified atom stereocenters. The fourth-order valence-electron chi connectivity index (χ4n) is 2.18. The zero-order chi connectivity index (χ0) is 16.8. The number of hydrogen-bond acceptors (Lipinski definition) is 4. The highest BCUT2D eigenvalue weighted by molar-refractivity contribution is 6.32. The molecule has 0 bridgehead atoms. The molecule has 1 amide bonds. The highest BCUT2D eigenvalue weighted by atomic mass is 35.5. The number of ether oxygens (including phenoxy) is 2. The maximum atomic E-state index is 12.4. The minimum atomic E-state index is -0.229. The molecule has 0 saturated carbocycles. The predicted molar refractivity (Wildman–Crippen MR) is 88.3 cm³/mol. The van der Waals surface area contributed by atoms with Gasteiger partial charge in [-0.1, -0.05) is 11.6 Å². The van der Waals surface area contributed by atoms with E-state index in [1.807, 2.05) is 26.1 Å². The summed E-state index contributed by atoms with van der Waals surface area (Å²) in [6.45, 7) is 4.81. The van der Waals surface area contributed by atoms with E-state index in [0.717, 1.165) is 0 Å². The van der Waals surface area contributed by atoms with Gasteiger partial charge in [0.25, 0.3) is 5.91 Å². The Bertz CT molecular complexity index is 659. The third kappa shape index (κ3) is 4.39. The number of benzene rings is 1. The van der Waals surface area contributed by atoms with E-state index < -0.39 is 0 Å². The molecule has 1 heterocycles. The van der Waals surface area contributed by atoms with Crippen LogP contribution < -0.4 is 14.8 Å². The van der Waals surface area contributed by atoms with Gasteiger partial charge in [0, 0.05) is 24.0 Å². The van der Waals surface area contributed by atoms with E-state index in [-0.39, 0.29) is 11.9 Å². The predicted octanol–water partition coefficient (Wildman–Crippen LogP) is 2.76. The summed E-state index contributed by atoms with van der Waals surface area (Å²) in [5, 5.41) is 7.37. The SMILES string of the molecule is CCOc1c(Cl)cc(C(=O)NC(C)Cn2cccn2)cc1OC. The first-order valence-corrected chi connectivity index (χ1v) is 7.71. The van der Waals surface area contributed by atoms with Gasteiger partial charge in [0.05, 0.1) is 25.3 Å². The second kappa shape index (κ2) is 7.87. The van der Waals surface area contributed by atoms with Crippen molar-refractivity contribution in [2.24, 2.45) is 0 Å². The normalized spacial score (nSPS) is 11.8. The fourth-order valence-corrected chi connectivity index (χ4v) is 2.44. The molecule has 7 heteroatoms. The smallest absolute Gasteiger partial charge is 0.251 e. The van der Waals surface area contributed by atoms with Gasteiger partial charge in [-0.25, -0.2) is 0 Å². The molecule has 23 heavy (non-hydrogen) atoms. The van der Waals surface area contributed by atoms with Crippen LogP contribution in [0.1, 0.15) is 24.2 Å². The Morgan fingerprint density at radius 2 is 2.26 bits per heavy atom. The number of rotatable bonds is 7. The molecule has 1 aromatic carbocycles. The van der Waals surface area contributed by atoms with Gasteiger partial charge in [-0.15, -0.1) is 0 Å². The highest BCUT2D eigenvalue weighted by Crippen LogP contribution is 2.36. The summed E-state index contributed by atoms with van der Waals surface area (Å²) in [5.41, 5.74) is 0.419. The van der Waals surface area contributed by atoms with Crippen LogP contribution in [0.25, 0.3) is 0 Å². The topological polar surface area (TPSA) is 65.4 Å². The average molecular weight is 338 g/mol. The first-order chi connectivity index (χ1) is 11.0. The summed E-state index contributed by atoms with van der Waals surface area (Å²) in [7, 11) is 1.51. The number of carbonyl (C=O) groups is 1. The summed E-state index contributed by atoms with van der Waals surface area (Å²) in [5.74, 6) is 0.648. The molecule has 0 fully saturated rings. The Kier molecular flexibility index (Phi) is 5.87. The van der Waals surface area contributed by atoms with E-state index in [1.165, 1.54) is 7.11 Å². The van der Waals surface area contributed by atoms with Crippen LogP contribution in [0.3, 0.4) is 0 Å². The molecular formula is C16H20ClN3O3. The zero-order valence-corrected chi connectivity index (χ0v) is 14.1. The number of halogens is 1. The molecule has 2 aromatic rings. The van der Waals surface area contributed by atoms with Gasteiger partial charge >= 0.3 is 0 Å². The van der Waals surface area contributed by atoms with Crippen molar-refractivity contribution >= 4 is 17.5 Å². The molecule has 0 spiro atoms. The van der Waals surface area contributed by atoms with Crippen LogP contribution in [0.5, 0.6) is 11.5 Å². The molecule has 6 nitrogen and oxygen atoms in total. The van der Waals surface area contributed by atoms with Crippen LogP contribution in [0.15, 0.2) is 30.6 Å². The lowest BCUT2D eigenvalue weighted by Crippen LogP contribution is -2.35. The van der Waals surface area contributed by atoms with Crippen LogP contribution in [-0.2, 0) is 6.54 Å². The number of methoxy groups -OCH3 is 1.